The summed E-state index contributed by atoms with van der Waals surface area (Å²) in [6.45, 7) is 0. The fourth-order valence-corrected chi connectivity index (χ4v) is 1.72. The Labute approximate surface area is 75.9 Å². The summed E-state index contributed by atoms with van der Waals surface area (Å²) in [5.41, 5.74) is 1.13. The molecule has 0 aromatic carbocycles. The lowest BCUT2D eigenvalue weighted by molar-refractivity contribution is 0.755. The van der Waals surface area contributed by atoms with Crippen LogP contribution in [0.1, 0.15) is 5.69 Å². The monoisotopic (exact) mass is 190 g/mol. The van der Waals surface area contributed by atoms with Gasteiger partial charge in [0, 0.05) is 30.6 Å². The minimum absolute atomic E-state index is 0.720. The maximum Gasteiger partial charge on any atom is 0.0723 e. The summed E-state index contributed by atoms with van der Waals surface area (Å²) in [4.78, 5) is 0. The van der Waals surface area contributed by atoms with Crippen molar-refractivity contribution < 1.29 is 0 Å². The molecule has 0 fully saturated rings. The summed E-state index contributed by atoms with van der Waals surface area (Å²) in [6.07, 6.45) is 1.95. The van der Waals surface area contributed by atoms with Crippen LogP contribution in [-0.2, 0) is 12.8 Å². The molecule has 1 rings (SSSR count). The molecule has 0 bridgehead atoms. The fourth-order valence-electron chi connectivity index (χ4n) is 0.771. The quantitative estimate of drug-likeness (QED) is 0.533. The lowest BCUT2D eigenvalue weighted by Gasteiger charge is -1.93. The molecule has 62 valence electrons. The number of aryl methyl sites for hydroxylation is 1. The van der Waals surface area contributed by atoms with E-state index in [2.05, 4.69) is 5.10 Å². The molecule has 0 N–H and O–H groups in total. The molecule has 11 heavy (non-hydrogen) atoms. The average Bonchev–Trinajstić information content (AvgIpc) is 2.37. The highest BCUT2D eigenvalue weighted by atomic mass is 35.5. The predicted octanol–water partition coefficient (Wildman–Crippen LogP) is 1.89. The van der Waals surface area contributed by atoms with Crippen LogP contribution in [0.25, 0.3) is 0 Å². The summed E-state index contributed by atoms with van der Waals surface area (Å²) in [5, 5.41) is 4.24. The Morgan fingerprint density at radius 1 is 1.73 bits per heavy atom. The van der Waals surface area contributed by atoms with Crippen LogP contribution < -0.4 is 0 Å². The van der Waals surface area contributed by atoms with Crippen molar-refractivity contribution in [1.29, 1.82) is 0 Å². The van der Waals surface area contributed by atoms with E-state index in [1.54, 1.807) is 0 Å². The summed E-state index contributed by atoms with van der Waals surface area (Å²) in [7, 11) is 1.93. The molecule has 2 nitrogen and oxygen atoms in total. The van der Waals surface area contributed by atoms with Gasteiger partial charge in [-0.3, -0.25) is 4.68 Å². The van der Waals surface area contributed by atoms with Gasteiger partial charge in [-0.05, 0) is 6.07 Å². The Morgan fingerprint density at radius 2 is 2.55 bits per heavy atom. The summed E-state index contributed by atoms with van der Waals surface area (Å²) < 4.78 is 1.82. The van der Waals surface area contributed by atoms with Crippen molar-refractivity contribution in [3.05, 3.63) is 18.0 Å². The summed E-state index contributed by atoms with van der Waals surface area (Å²) in [5.74, 6) is 2.68. The first-order chi connectivity index (χ1) is 5.33. The van der Waals surface area contributed by atoms with E-state index in [1.807, 2.05) is 35.8 Å². The maximum atomic E-state index is 5.53. The van der Waals surface area contributed by atoms with Crippen molar-refractivity contribution in [3.63, 3.8) is 0 Å². The normalized spacial score (nSPS) is 10.4. The highest BCUT2D eigenvalue weighted by Crippen LogP contribution is 2.09. The third-order valence-corrected chi connectivity index (χ3v) is 2.65. The lowest BCUT2D eigenvalue weighted by atomic mass is 10.5. The van der Waals surface area contributed by atoms with Gasteiger partial charge in [-0.2, -0.15) is 16.9 Å². The Bertz CT molecular complexity index is 212. The zero-order valence-electron chi connectivity index (χ0n) is 6.46. The van der Waals surface area contributed by atoms with E-state index in [4.69, 9.17) is 11.6 Å². The van der Waals surface area contributed by atoms with Crippen molar-refractivity contribution in [1.82, 2.24) is 9.78 Å². The van der Waals surface area contributed by atoms with Gasteiger partial charge in [0.15, 0.2) is 0 Å². The Balaban J connectivity index is 2.27. The first-order valence-corrected chi connectivity index (χ1v) is 5.14. The number of thioether (sulfide) groups is 1. The number of hydrogen-bond donors (Lipinski definition) is 0. The molecule has 1 heterocycles. The predicted molar refractivity (Wildman–Crippen MR) is 50.1 cm³/mol. The molecule has 0 aliphatic rings. The van der Waals surface area contributed by atoms with Crippen molar-refractivity contribution in [2.24, 2.45) is 7.05 Å². The first kappa shape index (κ1) is 8.94. The molecule has 0 atom stereocenters. The number of hydrogen-bond acceptors (Lipinski definition) is 2. The molecule has 0 unspecified atom stereocenters. The van der Waals surface area contributed by atoms with Gasteiger partial charge in [-0.1, -0.05) is 0 Å². The van der Waals surface area contributed by atoms with E-state index in [1.165, 1.54) is 0 Å². The molecule has 0 aliphatic heterocycles. The van der Waals surface area contributed by atoms with E-state index in [-0.39, 0.29) is 0 Å². The van der Waals surface area contributed by atoms with Crippen molar-refractivity contribution >= 4 is 23.4 Å². The largest absolute Gasteiger partial charge is 0.276 e. The van der Waals surface area contributed by atoms with Crippen molar-refractivity contribution in [2.75, 3.05) is 11.6 Å². The summed E-state index contributed by atoms with van der Waals surface area (Å²) in [6, 6.07) is 2.03. The van der Waals surface area contributed by atoms with Gasteiger partial charge in [-0.25, -0.2) is 0 Å². The Morgan fingerprint density at radius 3 is 3.09 bits per heavy atom. The van der Waals surface area contributed by atoms with Gasteiger partial charge < -0.3 is 0 Å². The number of nitrogens with zero attached hydrogens (tertiary/aromatic N) is 2. The number of aromatic nitrogens is 2. The molecule has 0 aliphatic carbocycles. The molecule has 0 saturated carbocycles. The Kier molecular flexibility index (Phi) is 3.80. The van der Waals surface area contributed by atoms with E-state index in [9.17, 15) is 0 Å². The maximum absolute atomic E-state index is 5.53. The second-order valence-corrected chi connectivity index (χ2v) is 3.71. The van der Waals surface area contributed by atoms with Crippen LogP contribution in [0.5, 0.6) is 0 Å². The molecule has 0 radical (unpaired) electrons. The van der Waals surface area contributed by atoms with E-state index >= 15 is 0 Å². The van der Waals surface area contributed by atoms with Crippen LogP contribution in [0, 0.1) is 0 Å². The third-order valence-electron chi connectivity index (χ3n) is 1.24. The molecule has 1 aromatic rings. The zero-order chi connectivity index (χ0) is 8.10. The van der Waals surface area contributed by atoms with Crippen LogP contribution >= 0.6 is 23.4 Å². The third kappa shape index (κ3) is 3.16. The summed E-state index contributed by atoms with van der Waals surface area (Å²) >= 11 is 7.34. The van der Waals surface area contributed by atoms with Crippen LogP contribution in [0.2, 0.25) is 0 Å². The molecule has 4 heteroatoms. The molecule has 1 aromatic heterocycles. The van der Waals surface area contributed by atoms with Gasteiger partial charge in [0.2, 0.25) is 0 Å². The highest BCUT2D eigenvalue weighted by molar-refractivity contribution is 7.98. The highest BCUT2D eigenvalue weighted by Gasteiger charge is 1.95. The van der Waals surface area contributed by atoms with E-state index in [0.29, 0.717) is 0 Å². The van der Waals surface area contributed by atoms with Crippen LogP contribution in [0.3, 0.4) is 0 Å². The van der Waals surface area contributed by atoms with E-state index < -0.39 is 0 Å². The molecular weight excluding hydrogens is 180 g/mol. The molecule has 0 spiro atoms. The van der Waals surface area contributed by atoms with E-state index in [0.717, 1.165) is 23.1 Å². The topological polar surface area (TPSA) is 17.8 Å². The van der Waals surface area contributed by atoms with Crippen LogP contribution in [0.15, 0.2) is 12.3 Å². The molecule has 0 saturated heterocycles. The van der Waals surface area contributed by atoms with Gasteiger partial charge in [0.1, 0.15) is 0 Å². The minimum Gasteiger partial charge on any atom is -0.276 e. The van der Waals surface area contributed by atoms with Gasteiger partial charge in [0.05, 0.1) is 5.69 Å². The zero-order valence-corrected chi connectivity index (χ0v) is 8.03. The minimum atomic E-state index is 0.720. The number of rotatable bonds is 4. The molecular formula is C7H11ClN2S. The number of alkyl halides is 1. The standard InChI is InChI=1S/C7H11ClN2S/c1-10-4-2-7(9-10)6-11-5-3-8/h2,4H,3,5-6H2,1H3. The van der Waals surface area contributed by atoms with Crippen LogP contribution in [0.4, 0.5) is 0 Å². The average molecular weight is 191 g/mol. The SMILES string of the molecule is Cn1ccc(CSCCCl)n1. The van der Waals surface area contributed by atoms with Gasteiger partial charge in [0.25, 0.3) is 0 Å². The van der Waals surface area contributed by atoms with Gasteiger partial charge >= 0.3 is 0 Å². The van der Waals surface area contributed by atoms with Crippen molar-refractivity contribution in [2.45, 2.75) is 5.75 Å². The van der Waals surface area contributed by atoms with Crippen molar-refractivity contribution in [3.8, 4) is 0 Å². The fraction of sp³-hybridized carbons (Fsp3) is 0.571. The second-order valence-electron chi connectivity index (χ2n) is 2.22. The number of halogens is 1. The Hall–Kier alpha value is -0.150. The smallest absolute Gasteiger partial charge is 0.0723 e. The second kappa shape index (κ2) is 4.67. The first-order valence-electron chi connectivity index (χ1n) is 3.45. The van der Waals surface area contributed by atoms with Gasteiger partial charge in [-0.15, -0.1) is 11.6 Å². The van der Waals surface area contributed by atoms with Crippen LogP contribution in [-0.4, -0.2) is 21.4 Å². The lowest BCUT2D eigenvalue weighted by Crippen LogP contribution is -1.90. The molecule has 0 amide bonds.